The SMILES string of the molecule is CCNC(=NCc1ccc(C(=O)NC(C)CC)cc1)N(C)Cc1cccn1C. The summed E-state index contributed by atoms with van der Waals surface area (Å²) in [6, 6.07) is 12.0. The van der Waals surface area contributed by atoms with Gasteiger partial charge in [0.05, 0.1) is 13.1 Å². The molecule has 2 N–H and O–H groups in total. The lowest BCUT2D eigenvalue weighted by atomic mass is 10.1. The zero-order valence-electron chi connectivity index (χ0n) is 17.7. The Kier molecular flexibility index (Phi) is 8.11. The summed E-state index contributed by atoms with van der Waals surface area (Å²) in [7, 11) is 4.09. The van der Waals surface area contributed by atoms with E-state index < -0.39 is 0 Å². The first-order valence-corrected chi connectivity index (χ1v) is 9.94. The van der Waals surface area contributed by atoms with Crippen molar-refractivity contribution in [2.75, 3.05) is 13.6 Å². The van der Waals surface area contributed by atoms with E-state index in [1.807, 2.05) is 57.5 Å². The highest BCUT2D eigenvalue weighted by molar-refractivity contribution is 5.94. The molecule has 0 saturated heterocycles. The molecule has 0 radical (unpaired) electrons. The van der Waals surface area contributed by atoms with Gasteiger partial charge in [-0.3, -0.25) is 4.79 Å². The Bertz CT molecular complexity index is 778. The van der Waals surface area contributed by atoms with Gasteiger partial charge in [0.25, 0.3) is 5.91 Å². The van der Waals surface area contributed by atoms with Gasteiger partial charge in [-0.2, -0.15) is 0 Å². The number of guanidine groups is 1. The van der Waals surface area contributed by atoms with Crippen LogP contribution >= 0.6 is 0 Å². The molecular weight excluding hydrogens is 350 g/mol. The highest BCUT2D eigenvalue weighted by Crippen LogP contribution is 2.08. The maximum absolute atomic E-state index is 12.2. The zero-order valence-corrected chi connectivity index (χ0v) is 17.7. The van der Waals surface area contributed by atoms with E-state index in [1.165, 1.54) is 5.69 Å². The summed E-state index contributed by atoms with van der Waals surface area (Å²) >= 11 is 0. The van der Waals surface area contributed by atoms with Crippen LogP contribution in [0, 0.1) is 0 Å². The molecule has 0 fully saturated rings. The van der Waals surface area contributed by atoms with Gasteiger partial charge in [0.1, 0.15) is 0 Å². The first-order chi connectivity index (χ1) is 13.4. The predicted molar refractivity (Wildman–Crippen MR) is 115 cm³/mol. The highest BCUT2D eigenvalue weighted by atomic mass is 16.1. The molecule has 0 bridgehead atoms. The monoisotopic (exact) mass is 383 g/mol. The van der Waals surface area contributed by atoms with Crippen LogP contribution in [0.25, 0.3) is 0 Å². The fraction of sp³-hybridized carbons (Fsp3) is 0.455. The van der Waals surface area contributed by atoms with Gasteiger partial charge in [0.2, 0.25) is 0 Å². The van der Waals surface area contributed by atoms with Crippen LogP contribution in [0.15, 0.2) is 47.6 Å². The fourth-order valence-corrected chi connectivity index (χ4v) is 2.79. The molecule has 1 heterocycles. The number of hydrogen-bond acceptors (Lipinski definition) is 2. The third-order valence-corrected chi connectivity index (χ3v) is 4.76. The van der Waals surface area contributed by atoms with E-state index in [-0.39, 0.29) is 11.9 Å². The van der Waals surface area contributed by atoms with Crippen molar-refractivity contribution in [1.82, 2.24) is 20.1 Å². The molecule has 2 aromatic rings. The average molecular weight is 384 g/mol. The average Bonchev–Trinajstić information content (AvgIpc) is 3.09. The Labute approximate surface area is 168 Å². The minimum Gasteiger partial charge on any atom is -0.357 e. The lowest BCUT2D eigenvalue weighted by Gasteiger charge is -2.22. The Morgan fingerprint density at radius 3 is 2.50 bits per heavy atom. The molecule has 0 aliphatic carbocycles. The van der Waals surface area contributed by atoms with Gasteiger partial charge >= 0.3 is 0 Å². The van der Waals surface area contributed by atoms with Gasteiger partial charge in [-0.25, -0.2) is 4.99 Å². The molecule has 0 spiro atoms. The maximum Gasteiger partial charge on any atom is 0.251 e. The molecule has 1 amide bonds. The Hall–Kier alpha value is -2.76. The first kappa shape index (κ1) is 21.5. The van der Waals surface area contributed by atoms with E-state index in [4.69, 9.17) is 4.99 Å². The number of aryl methyl sites for hydroxylation is 1. The largest absolute Gasteiger partial charge is 0.357 e. The lowest BCUT2D eigenvalue weighted by molar-refractivity contribution is 0.0939. The molecule has 1 unspecified atom stereocenters. The van der Waals surface area contributed by atoms with Crippen molar-refractivity contribution >= 4 is 11.9 Å². The molecule has 1 aromatic carbocycles. The van der Waals surface area contributed by atoms with Crippen LogP contribution in [0.5, 0.6) is 0 Å². The number of nitrogens with zero attached hydrogens (tertiary/aromatic N) is 3. The quantitative estimate of drug-likeness (QED) is 0.544. The number of nitrogens with one attached hydrogen (secondary N) is 2. The van der Waals surface area contributed by atoms with E-state index >= 15 is 0 Å². The van der Waals surface area contributed by atoms with Gasteiger partial charge in [-0.05, 0) is 50.1 Å². The number of carbonyl (C=O) groups is 1. The van der Waals surface area contributed by atoms with Crippen LogP contribution in [0.4, 0.5) is 0 Å². The third-order valence-electron chi connectivity index (χ3n) is 4.76. The van der Waals surface area contributed by atoms with Crippen LogP contribution in [-0.2, 0) is 20.1 Å². The Balaban J connectivity index is 2.01. The summed E-state index contributed by atoms with van der Waals surface area (Å²) in [5, 5.41) is 6.33. The van der Waals surface area contributed by atoms with Crippen LogP contribution in [0.2, 0.25) is 0 Å². The topological polar surface area (TPSA) is 61.7 Å². The summed E-state index contributed by atoms with van der Waals surface area (Å²) in [5.41, 5.74) is 2.98. The summed E-state index contributed by atoms with van der Waals surface area (Å²) in [4.78, 5) is 19.1. The Morgan fingerprint density at radius 2 is 1.93 bits per heavy atom. The predicted octanol–water partition coefficient (Wildman–Crippen LogP) is 3.15. The molecule has 6 nitrogen and oxygen atoms in total. The minimum absolute atomic E-state index is 0.0277. The molecule has 0 aliphatic rings. The molecule has 1 aromatic heterocycles. The van der Waals surface area contributed by atoms with E-state index in [0.29, 0.717) is 12.1 Å². The normalized spacial score (nSPS) is 12.5. The third kappa shape index (κ3) is 6.15. The molecule has 152 valence electrons. The van der Waals surface area contributed by atoms with Crippen molar-refractivity contribution in [3.8, 4) is 0 Å². The van der Waals surface area contributed by atoms with Crippen molar-refractivity contribution < 1.29 is 4.79 Å². The summed E-state index contributed by atoms with van der Waals surface area (Å²) in [5.74, 6) is 0.835. The van der Waals surface area contributed by atoms with E-state index in [2.05, 4.69) is 40.0 Å². The van der Waals surface area contributed by atoms with Crippen LogP contribution in [0.1, 0.15) is 48.8 Å². The number of carbonyl (C=O) groups excluding carboxylic acids is 1. The minimum atomic E-state index is -0.0277. The molecule has 1 atom stereocenters. The summed E-state index contributed by atoms with van der Waals surface area (Å²) < 4.78 is 2.11. The standard InChI is InChI=1S/C22H33N5O/c1-6-17(3)25-21(28)19-12-10-18(11-13-19)15-24-22(23-7-2)27(5)16-20-9-8-14-26(20)4/h8-14,17H,6-7,15-16H2,1-5H3,(H,23,24)(H,25,28). The van der Waals surface area contributed by atoms with E-state index in [1.54, 1.807) is 0 Å². The van der Waals surface area contributed by atoms with Crippen LogP contribution in [0.3, 0.4) is 0 Å². The molecule has 28 heavy (non-hydrogen) atoms. The maximum atomic E-state index is 12.2. The number of rotatable bonds is 8. The molecule has 2 rings (SSSR count). The first-order valence-electron chi connectivity index (χ1n) is 9.94. The van der Waals surface area contributed by atoms with Crippen molar-refractivity contribution in [2.24, 2.45) is 12.0 Å². The van der Waals surface area contributed by atoms with Crippen molar-refractivity contribution in [3.63, 3.8) is 0 Å². The van der Waals surface area contributed by atoms with Crippen molar-refractivity contribution in [3.05, 3.63) is 59.4 Å². The van der Waals surface area contributed by atoms with Gasteiger partial charge in [0, 0.05) is 44.1 Å². The fourth-order valence-electron chi connectivity index (χ4n) is 2.79. The highest BCUT2D eigenvalue weighted by Gasteiger charge is 2.10. The number of amides is 1. The van der Waals surface area contributed by atoms with Crippen molar-refractivity contribution in [2.45, 2.75) is 46.3 Å². The number of benzene rings is 1. The smallest absolute Gasteiger partial charge is 0.251 e. The van der Waals surface area contributed by atoms with E-state index in [0.717, 1.165) is 31.0 Å². The van der Waals surface area contributed by atoms with Gasteiger partial charge < -0.3 is 20.1 Å². The second-order valence-corrected chi connectivity index (χ2v) is 7.12. The second-order valence-electron chi connectivity index (χ2n) is 7.12. The number of hydrogen-bond donors (Lipinski definition) is 2. The van der Waals surface area contributed by atoms with Crippen LogP contribution in [-0.4, -0.2) is 41.0 Å². The number of aromatic nitrogens is 1. The summed E-state index contributed by atoms with van der Waals surface area (Å²) in [6.07, 6.45) is 2.97. The van der Waals surface area contributed by atoms with Gasteiger partial charge in [0.15, 0.2) is 5.96 Å². The lowest BCUT2D eigenvalue weighted by Crippen LogP contribution is -2.38. The molecular formula is C22H33N5O. The molecule has 0 aliphatic heterocycles. The van der Waals surface area contributed by atoms with E-state index in [9.17, 15) is 4.79 Å². The van der Waals surface area contributed by atoms with Crippen molar-refractivity contribution in [1.29, 1.82) is 0 Å². The van der Waals surface area contributed by atoms with Crippen LogP contribution < -0.4 is 10.6 Å². The molecule has 0 saturated carbocycles. The molecule has 6 heteroatoms. The van der Waals surface area contributed by atoms with Gasteiger partial charge in [-0.1, -0.05) is 19.1 Å². The second kappa shape index (κ2) is 10.5. The zero-order chi connectivity index (χ0) is 20.5. The number of aliphatic imine (C=N–C) groups is 1. The summed E-state index contributed by atoms with van der Waals surface area (Å²) in [6.45, 7) is 8.29. The Morgan fingerprint density at radius 1 is 1.21 bits per heavy atom. The van der Waals surface area contributed by atoms with Gasteiger partial charge in [-0.15, -0.1) is 0 Å².